The number of methoxy groups -OCH3 is 1. The monoisotopic (exact) mass is 439 g/mol. The van der Waals surface area contributed by atoms with Crippen molar-refractivity contribution < 1.29 is 13.9 Å². The van der Waals surface area contributed by atoms with Gasteiger partial charge in [-0.1, -0.05) is 27.3 Å². The van der Waals surface area contributed by atoms with Gasteiger partial charge in [0.25, 0.3) is 5.91 Å². The summed E-state index contributed by atoms with van der Waals surface area (Å²) in [6, 6.07) is 9.40. The highest BCUT2D eigenvalue weighted by atomic mass is 79.9. The molecule has 0 bridgehead atoms. The second-order valence-corrected chi connectivity index (χ2v) is 7.24. The van der Waals surface area contributed by atoms with Gasteiger partial charge in [-0.2, -0.15) is 0 Å². The Hall–Kier alpha value is -2.10. The van der Waals surface area contributed by atoms with Crippen molar-refractivity contribution in [3.05, 3.63) is 52.3 Å². The zero-order valence-corrected chi connectivity index (χ0v) is 16.0. The molecule has 0 atom stereocenters. The maximum Gasteiger partial charge on any atom is 0.261 e. The molecule has 0 radical (unpaired) electrons. The van der Waals surface area contributed by atoms with Gasteiger partial charge >= 0.3 is 0 Å². The van der Waals surface area contributed by atoms with Crippen molar-refractivity contribution >= 4 is 65.9 Å². The molecule has 5 nitrogen and oxygen atoms in total. The second kappa shape index (κ2) is 7.42. The first-order chi connectivity index (χ1) is 12.0. The van der Waals surface area contributed by atoms with E-state index < -0.39 is 5.91 Å². The number of amides is 1. The molecule has 0 aliphatic heterocycles. The van der Waals surface area contributed by atoms with E-state index in [9.17, 15) is 9.18 Å². The summed E-state index contributed by atoms with van der Waals surface area (Å²) >= 11 is 9.71. The van der Waals surface area contributed by atoms with E-state index in [0.29, 0.717) is 26.7 Å². The van der Waals surface area contributed by atoms with Gasteiger partial charge in [-0.25, -0.2) is 9.37 Å². The van der Waals surface area contributed by atoms with Gasteiger partial charge in [0.1, 0.15) is 11.6 Å². The Kier molecular flexibility index (Phi) is 5.26. The van der Waals surface area contributed by atoms with Crippen LogP contribution >= 0.6 is 39.5 Å². The number of rotatable bonds is 3. The molecule has 0 aliphatic rings. The second-order valence-electron chi connectivity index (χ2n) is 4.88. The molecular formula is C16H11BrFN3O2S2. The van der Waals surface area contributed by atoms with Crippen LogP contribution in [0.3, 0.4) is 0 Å². The number of carbonyl (C=O) groups is 1. The summed E-state index contributed by atoms with van der Waals surface area (Å²) in [4.78, 5) is 16.7. The zero-order valence-electron chi connectivity index (χ0n) is 12.8. The molecule has 1 aromatic heterocycles. The van der Waals surface area contributed by atoms with Gasteiger partial charge in [-0.3, -0.25) is 10.1 Å². The van der Waals surface area contributed by atoms with Gasteiger partial charge in [0, 0.05) is 4.47 Å². The van der Waals surface area contributed by atoms with Crippen LogP contribution in [-0.4, -0.2) is 23.1 Å². The number of carbonyl (C=O) groups excluding carboxylic acids is 1. The van der Waals surface area contributed by atoms with E-state index in [1.54, 1.807) is 24.3 Å². The minimum absolute atomic E-state index is 0.0894. The first kappa shape index (κ1) is 17.7. The number of ether oxygens (including phenoxy) is 1. The Morgan fingerprint density at radius 1 is 1.32 bits per heavy atom. The number of fused-ring (bicyclic) bond motifs is 1. The van der Waals surface area contributed by atoms with E-state index in [1.165, 1.54) is 30.6 Å². The Morgan fingerprint density at radius 2 is 2.12 bits per heavy atom. The number of aromatic nitrogens is 1. The number of thiocarbonyl (C=S) groups is 1. The molecule has 128 valence electrons. The molecule has 0 saturated carbocycles. The first-order valence-electron chi connectivity index (χ1n) is 6.98. The van der Waals surface area contributed by atoms with Gasteiger partial charge < -0.3 is 10.1 Å². The molecule has 3 rings (SSSR count). The Bertz CT molecular complexity index is 977. The predicted octanol–water partition coefficient (Wildman–Crippen LogP) is 4.33. The van der Waals surface area contributed by atoms with Crippen LogP contribution in [0.4, 0.5) is 9.52 Å². The number of benzene rings is 2. The zero-order chi connectivity index (χ0) is 18.0. The normalized spacial score (nSPS) is 10.5. The number of hydrogen-bond donors (Lipinski definition) is 2. The Labute approximate surface area is 160 Å². The minimum Gasteiger partial charge on any atom is -0.496 e. The predicted molar refractivity (Wildman–Crippen MR) is 104 cm³/mol. The maximum atomic E-state index is 13.2. The summed E-state index contributed by atoms with van der Waals surface area (Å²) in [6.07, 6.45) is 0. The molecule has 0 saturated heterocycles. The number of halogens is 2. The van der Waals surface area contributed by atoms with Gasteiger partial charge in [-0.05, 0) is 48.6 Å². The third-order valence-electron chi connectivity index (χ3n) is 3.20. The SMILES string of the molecule is COc1ccc(Br)cc1C(=O)NC(=S)Nc1nc2ccc(F)cc2s1. The van der Waals surface area contributed by atoms with Crippen LogP contribution in [0.1, 0.15) is 10.4 Å². The fourth-order valence-electron chi connectivity index (χ4n) is 2.11. The number of hydrogen-bond acceptors (Lipinski definition) is 5. The molecule has 0 aliphatic carbocycles. The molecular weight excluding hydrogens is 429 g/mol. The van der Waals surface area contributed by atoms with E-state index in [1.807, 2.05) is 0 Å². The van der Waals surface area contributed by atoms with Crippen LogP contribution in [0.5, 0.6) is 5.75 Å². The number of thiazole rings is 1. The van der Waals surface area contributed by atoms with E-state index in [0.717, 1.165) is 4.47 Å². The average molecular weight is 440 g/mol. The molecule has 2 aromatic carbocycles. The van der Waals surface area contributed by atoms with Crippen LogP contribution in [0.15, 0.2) is 40.9 Å². The van der Waals surface area contributed by atoms with E-state index >= 15 is 0 Å². The molecule has 3 aromatic rings. The van der Waals surface area contributed by atoms with E-state index in [-0.39, 0.29) is 10.9 Å². The topological polar surface area (TPSA) is 63.2 Å². The number of nitrogens with zero attached hydrogens (tertiary/aromatic N) is 1. The summed E-state index contributed by atoms with van der Waals surface area (Å²) in [7, 11) is 1.48. The third kappa shape index (κ3) is 4.12. The lowest BCUT2D eigenvalue weighted by atomic mass is 10.2. The lowest BCUT2D eigenvalue weighted by Gasteiger charge is -2.10. The Morgan fingerprint density at radius 3 is 2.88 bits per heavy atom. The number of anilines is 1. The largest absolute Gasteiger partial charge is 0.496 e. The van der Waals surface area contributed by atoms with Crippen LogP contribution in [-0.2, 0) is 0 Å². The van der Waals surface area contributed by atoms with Crippen molar-refractivity contribution in [2.75, 3.05) is 12.4 Å². The fraction of sp³-hybridized carbons (Fsp3) is 0.0625. The van der Waals surface area contributed by atoms with Gasteiger partial charge in [-0.15, -0.1) is 0 Å². The standard InChI is InChI=1S/C16H11BrFN3O2S2/c1-23-12-5-2-8(17)6-10(12)14(22)20-15(24)21-16-19-11-4-3-9(18)7-13(11)25-16/h2-7H,1H3,(H2,19,20,21,22,24). The van der Waals surface area contributed by atoms with Crippen LogP contribution in [0.2, 0.25) is 0 Å². The van der Waals surface area contributed by atoms with Crippen molar-refractivity contribution in [3.8, 4) is 5.75 Å². The van der Waals surface area contributed by atoms with E-state index in [2.05, 4.69) is 31.5 Å². The molecule has 1 heterocycles. The average Bonchev–Trinajstić information content (AvgIpc) is 2.95. The number of nitrogens with one attached hydrogen (secondary N) is 2. The highest BCUT2D eigenvalue weighted by Crippen LogP contribution is 2.26. The lowest BCUT2D eigenvalue weighted by Crippen LogP contribution is -2.34. The summed E-state index contributed by atoms with van der Waals surface area (Å²) in [5.41, 5.74) is 0.990. The van der Waals surface area contributed by atoms with Crippen molar-refractivity contribution in [2.24, 2.45) is 0 Å². The van der Waals surface area contributed by atoms with Crippen molar-refractivity contribution in [1.82, 2.24) is 10.3 Å². The van der Waals surface area contributed by atoms with Crippen LogP contribution < -0.4 is 15.4 Å². The van der Waals surface area contributed by atoms with Crippen molar-refractivity contribution in [3.63, 3.8) is 0 Å². The third-order valence-corrected chi connectivity index (χ3v) is 4.84. The molecule has 0 unspecified atom stereocenters. The highest BCUT2D eigenvalue weighted by molar-refractivity contribution is 9.10. The summed E-state index contributed by atoms with van der Waals surface area (Å²) in [6.45, 7) is 0. The van der Waals surface area contributed by atoms with Crippen molar-refractivity contribution in [2.45, 2.75) is 0 Å². The molecule has 9 heteroatoms. The summed E-state index contributed by atoms with van der Waals surface area (Å²) < 4.78 is 19.8. The smallest absolute Gasteiger partial charge is 0.261 e. The molecule has 25 heavy (non-hydrogen) atoms. The van der Waals surface area contributed by atoms with Gasteiger partial charge in [0.2, 0.25) is 0 Å². The van der Waals surface area contributed by atoms with Gasteiger partial charge in [0.15, 0.2) is 10.2 Å². The van der Waals surface area contributed by atoms with Crippen molar-refractivity contribution in [1.29, 1.82) is 0 Å². The first-order valence-corrected chi connectivity index (χ1v) is 9.00. The molecule has 0 fully saturated rings. The fourth-order valence-corrected chi connectivity index (χ4v) is 3.62. The van der Waals surface area contributed by atoms with Crippen LogP contribution in [0, 0.1) is 5.82 Å². The van der Waals surface area contributed by atoms with E-state index in [4.69, 9.17) is 17.0 Å². The quantitative estimate of drug-likeness (QED) is 0.594. The minimum atomic E-state index is -0.414. The molecule has 1 amide bonds. The summed E-state index contributed by atoms with van der Waals surface area (Å²) in [5, 5.41) is 5.97. The Balaban J connectivity index is 1.73. The lowest BCUT2D eigenvalue weighted by molar-refractivity contribution is 0.0974. The maximum absolute atomic E-state index is 13.2. The van der Waals surface area contributed by atoms with Crippen LogP contribution in [0.25, 0.3) is 10.2 Å². The highest BCUT2D eigenvalue weighted by Gasteiger charge is 2.15. The molecule has 2 N–H and O–H groups in total. The van der Waals surface area contributed by atoms with Gasteiger partial charge in [0.05, 0.1) is 22.9 Å². The summed E-state index contributed by atoms with van der Waals surface area (Å²) in [5.74, 6) is -0.318. The molecule has 0 spiro atoms.